The van der Waals surface area contributed by atoms with Crippen LogP contribution in [0.25, 0.3) is 0 Å². The van der Waals surface area contributed by atoms with Crippen molar-refractivity contribution in [3.8, 4) is 0 Å². The Kier molecular flexibility index (Phi) is 5.03. The maximum Gasteiger partial charge on any atom is 0.0341 e. The average molecular weight is 213 g/mol. The van der Waals surface area contributed by atoms with E-state index >= 15 is 0 Å². The topological polar surface area (TPSA) is 32.5 Å². The molecule has 0 aromatic carbocycles. The third kappa shape index (κ3) is 3.16. The molecule has 90 valence electrons. The van der Waals surface area contributed by atoms with Gasteiger partial charge in [0.15, 0.2) is 0 Å². The molecule has 1 heterocycles. The molecular weight excluding hydrogens is 186 g/mol. The van der Waals surface area contributed by atoms with Gasteiger partial charge in [-0.15, -0.1) is 0 Å². The van der Waals surface area contributed by atoms with Crippen molar-refractivity contribution < 1.29 is 0 Å². The van der Waals surface area contributed by atoms with Crippen molar-refractivity contribution in [1.82, 2.24) is 9.80 Å². The van der Waals surface area contributed by atoms with Gasteiger partial charge in [0.05, 0.1) is 0 Å². The van der Waals surface area contributed by atoms with Crippen LogP contribution in [0.2, 0.25) is 0 Å². The molecule has 2 N–H and O–H groups in total. The van der Waals surface area contributed by atoms with E-state index in [0.29, 0.717) is 0 Å². The number of hydrogen-bond acceptors (Lipinski definition) is 3. The second-order valence-corrected chi connectivity index (χ2v) is 5.01. The smallest absolute Gasteiger partial charge is 0.0341 e. The van der Waals surface area contributed by atoms with Crippen molar-refractivity contribution in [1.29, 1.82) is 0 Å². The molecular formula is C12H27N3. The van der Waals surface area contributed by atoms with Gasteiger partial charge >= 0.3 is 0 Å². The molecule has 0 radical (unpaired) electrons. The highest BCUT2D eigenvalue weighted by Crippen LogP contribution is 2.26. The van der Waals surface area contributed by atoms with Crippen molar-refractivity contribution in [2.75, 3.05) is 40.3 Å². The third-order valence-electron chi connectivity index (χ3n) is 3.89. The molecule has 1 atom stereocenters. The molecule has 0 aromatic heterocycles. The van der Waals surface area contributed by atoms with Gasteiger partial charge in [0.2, 0.25) is 0 Å². The van der Waals surface area contributed by atoms with Crippen LogP contribution in [0.3, 0.4) is 0 Å². The van der Waals surface area contributed by atoms with Crippen LogP contribution in [0.4, 0.5) is 0 Å². The molecule has 1 saturated heterocycles. The van der Waals surface area contributed by atoms with Gasteiger partial charge in [-0.1, -0.05) is 6.92 Å². The maximum absolute atomic E-state index is 6.02. The van der Waals surface area contributed by atoms with E-state index < -0.39 is 0 Å². The molecule has 1 unspecified atom stereocenters. The Labute approximate surface area is 94.6 Å². The summed E-state index contributed by atoms with van der Waals surface area (Å²) in [6.07, 6.45) is 4.97. The molecule has 1 aliphatic heterocycles. The van der Waals surface area contributed by atoms with E-state index in [9.17, 15) is 0 Å². The van der Waals surface area contributed by atoms with Crippen LogP contribution in [0.1, 0.15) is 32.6 Å². The van der Waals surface area contributed by atoms with Crippen LogP contribution >= 0.6 is 0 Å². The van der Waals surface area contributed by atoms with E-state index in [4.69, 9.17) is 5.73 Å². The summed E-state index contributed by atoms with van der Waals surface area (Å²) in [6.45, 7) is 6.62. The first-order valence-electron chi connectivity index (χ1n) is 6.24. The highest BCUT2D eigenvalue weighted by Gasteiger charge is 2.33. The molecule has 3 heteroatoms. The minimum absolute atomic E-state index is 0.265. The Balaban J connectivity index is 2.65. The summed E-state index contributed by atoms with van der Waals surface area (Å²) in [5.41, 5.74) is 6.29. The van der Waals surface area contributed by atoms with Crippen molar-refractivity contribution in [2.45, 2.75) is 38.1 Å². The molecule has 0 amide bonds. The van der Waals surface area contributed by atoms with Crippen molar-refractivity contribution in [3.05, 3.63) is 0 Å². The molecule has 0 saturated carbocycles. The van der Waals surface area contributed by atoms with Crippen LogP contribution in [0, 0.1) is 0 Å². The Morgan fingerprint density at radius 2 is 2.07 bits per heavy atom. The Morgan fingerprint density at radius 3 is 2.67 bits per heavy atom. The third-order valence-corrected chi connectivity index (χ3v) is 3.89. The molecule has 0 aliphatic carbocycles. The van der Waals surface area contributed by atoms with E-state index in [1.54, 1.807) is 0 Å². The molecule has 1 fully saturated rings. The Morgan fingerprint density at radius 1 is 1.33 bits per heavy atom. The number of nitrogens with two attached hydrogens (primary N) is 1. The summed E-state index contributed by atoms with van der Waals surface area (Å²) in [4.78, 5) is 4.92. The van der Waals surface area contributed by atoms with E-state index in [1.807, 2.05) is 0 Å². The normalized spacial score (nSPS) is 29.4. The number of nitrogens with zero attached hydrogens (tertiary/aromatic N) is 2. The van der Waals surface area contributed by atoms with Crippen LogP contribution < -0.4 is 5.73 Å². The van der Waals surface area contributed by atoms with E-state index in [-0.39, 0.29) is 5.54 Å². The first-order valence-corrected chi connectivity index (χ1v) is 6.24. The summed E-state index contributed by atoms with van der Waals surface area (Å²) in [5, 5.41) is 0. The lowest BCUT2D eigenvalue weighted by Crippen LogP contribution is -2.52. The van der Waals surface area contributed by atoms with Crippen LogP contribution in [-0.4, -0.2) is 55.6 Å². The second kappa shape index (κ2) is 5.83. The average Bonchev–Trinajstić information content (AvgIpc) is 2.41. The SMILES string of the molecule is CCCN(C)C1(CN)CCCN(C)CC1. The molecule has 1 rings (SSSR count). The predicted molar refractivity (Wildman–Crippen MR) is 66.1 cm³/mol. The molecule has 1 aliphatic rings. The molecule has 0 spiro atoms. The molecule has 0 bridgehead atoms. The van der Waals surface area contributed by atoms with Gasteiger partial charge in [-0.3, -0.25) is 4.90 Å². The lowest BCUT2D eigenvalue weighted by atomic mass is 9.88. The summed E-state index contributed by atoms with van der Waals surface area (Å²) in [6, 6.07) is 0. The zero-order chi connectivity index (χ0) is 11.3. The molecule has 3 nitrogen and oxygen atoms in total. The number of hydrogen-bond donors (Lipinski definition) is 1. The summed E-state index contributed by atoms with van der Waals surface area (Å²) >= 11 is 0. The number of likely N-dealkylation sites (tertiary alicyclic amines) is 1. The largest absolute Gasteiger partial charge is 0.329 e. The Bertz CT molecular complexity index is 184. The lowest BCUT2D eigenvalue weighted by molar-refractivity contribution is 0.108. The van der Waals surface area contributed by atoms with E-state index in [1.165, 1.54) is 45.3 Å². The number of rotatable bonds is 4. The van der Waals surface area contributed by atoms with Crippen LogP contribution in [0.5, 0.6) is 0 Å². The first kappa shape index (κ1) is 12.9. The van der Waals surface area contributed by atoms with Gasteiger partial charge in [-0.2, -0.15) is 0 Å². The summed E-state index contributed by atoms with van der Waals surface area (Å²) in [5.74, 6) is 0. The van der Waals surface area contributed by atoms with Gasteiger partial charge in [0, 0.05) is 12.1 Å². The Hall–Kier alpha value is -0.120. The molecule has 0 aromatic rings. The predicted octanol–water partition coefficient (Wildman–Crippen LogP) is 1.14. The van der Waals surface area contributed by atoms with Gasteiger partial charge in [0.25, 0.3) is 0 Å². The zero-order valence-electron chi connectivity index (χ0n) is 10.6. The van der Waals surface area contributed by atoms with Crippen LogP contribution in [-0.2, 0) is 0 Å². The summed E-state index contributed by atoms with van der Waals surface area (Å²) < 4.78 is 0. The highest BCUT2D eigenvalue weighted by atomic mass is 15.2. The van der Waals surface area contributed by atoms with Crippen molar-refractivity contribution in [2.24, 2.45) is 5.73 Å². The minimum atomic E-state index is 0.265. The van der Waals surface area contributed by atoms with Gasteiger partial charge in [-0.05, 0) is 59.4 Å². The first-order chi connectivity index (χ1) is 7.14. The minimum Gasteiger partial charge on any atom is -0.329 e. The van der Waals surface area contributed by atoms with E-state index in [2.05, 4.69) is 30.8 Å². The fourth-order valence-corrected chi connectivity index (χ4v) is 2.63. The highest BCUT2D eigenvalue weighted by molar-refractivity contribution is 4.92. The fourth-order valence-electron chi connectivity index (χ4n) is 2.63. The second-order valence-electron chi connectivity index (χ2n) is 5.01. The maximum atomic E-state index is 6.02. The van der Waals surface area contributed by atoms with Crippen molar-refractivity contribution >= 4 is 0 Å². The number of likely N-dealkylation sites (N-methyl/N-ethyl adjacent to an activating group) is 1. The van der Waals surface area contributed by atoms with Gasteiger partial charge < -0.3 is 10.6 Å². The van der Waals surface area contributed by atoms with E-state index in [0.717, 1.165) is 6.54 Å². The zero-order valence-corrected chi connectivity index (χ0v) is 10.6. The fraction of sp³-hybridized carbons (Fsp3) is 1.00. The summed E-state index contributed by atoms with van der Waals surface area (Å²) in [7, 11) is 4.45. The van der Waals surface area contributed by atoms with Gasteiger partial charge in [0.1, 0.15) is 0 Å². The monoisotopic (exact) mass is 213 g/mol. The quantitative estimate of drug-likeness (QED) is 0.760. The standard InChI is InChI=1S/C12H27N3/c1-4-8-15(3)12(11-13)6-5-9-14(2)10-7-12/h4-11,13H2,1-3H3. The van der Waals surface area contributed by atoms with Crippen molar-refractivity contribution in [3.63, 3.8) is 0 Å². The van der Waals surface area contributed by atoms with Gasteiger partial charge in [-0.25, -0.2) is 0 Å². The lowest BCUT2D eigenvalue weighted by Gasteiger charge is -2.40. The molecule has 15 heavy (non-hydrogen) atoms. The van der Waals surface area contributed by atoms with Crippen LogP contribution in [0.15, 0.2) is 0 Å².